The van der Waals surface area contributed by atoms with Crippen LogP contribution in [-0.4, -0.2) is 43.7 Å². The molecule has 1 N–H and O–H groups in total. The first-order valence-electron chi connectivity index (χ1n) is 7.98. The largest absolute Gasteiger partial charge is 0.385 e. The van der Waals surface area contributed by atoms with Crippen LogP contribution < -0.4 is 5.32 Å². The zero-order valence-electron chi connectivity index (χ0n) is 13.2. The molecule has 1 aliphatic heterocycles. The Morgan fingerprint density at radius 3 is 3.00 bits per heavy atom. The molecule has 5 heteroatoms. The van der Waals surface area contributed by atoms with Crippen LogP contribution in [0.15, 0.2) is 24.3 Å². The number of nitrogens with one attached hydrogen (secondary N) is 1. The topological polar surface area (TPSA) is 41.6 Å². The minimum absolute atomic E-state index is 0.0177. The van der Waals surface area contributed by atoms with Crippen molar-refractivity contribution in [2.45, 2.75) is 38.1 Å². The molecule has 1 amide bonds. The summed E-state index contributed by atoms with van der Waals surface area (Å²) in [5.74, 6) is 0.0177. The van der Waals surface area contributed by atoms with Gasteiger partial charge in [-0.05, 0) is 37.9 Å². The Bertz CT molecular complexity index is 481. The number of rotatable bonds is 7. The van der Waals surface area contributed by atoms with Crippen molar-refractivity contribution < 1.29 is 9.53 Å². The highest BCUT2D eigenvalue weighted by Crippen LogP contribution is 2.22. The van der Waals surface area contributed by atoms with E-state index in [0.29, 0.717) is 23.2 Å². The van der Waals surface area contributed by atoms with Gasteiger partial charge in [-0.1, -0.05) is 30.2 Å². The van der Waals surface area contributed by atoms with Crippen LogP contribution in [0.4, 0.5) is 5.69 Å². The number of carbonyl (C=O) groups is 1. The summed E-state index contributed by atoms with van der Waals surface area (Å²) in [7, 11) is 1.74. The summed E-state index contributed by atoms with van der Waals surface area (Å²) in [6.07, 6.45) is 5.24. The molecule has 22 heavy (non-hydrogen) atoms. The third-order valence-electron chi connectivity index (χ3n) is 4.18. The number of para-hydroxylation sites is 1. The maximum absolute atomic E-state index is 12.1. The first-order valence-corrected chi connectivity index (χ1v) is 8.36. The van der Waals surface area contributed by atoms with Crippen LogP contribution in [-0.2, 0) is 9.53 Å². The Morgan fingerprint density at radius 1 is 1.41 bits per heavy atom. The molecule has 4 nitrogen and oxygen atoms in total. The van der Waals surface area contributed by atoms with Crippen LogP contribution in [0.3, 0.4) is 0 Å². The highest BCUT2D eigenvalue weighted by Gasteiger charge is 2.22. The van der Waals surface area contributed by atoms with Crippen molar-refractivity contribution in [2.24, 2.45) is 0 Å². The molecule has 1 saturated heterocycles. The van der Waals surface area contributed by atoms with Gasteiger partial charge in [0.25, 0.3) is 0 Å². The lowest BCUT2D eigenvalue weighted by Gasteiger charge is -2.35. The molecule has 122 valence electrons. The van der Waals surface area contributed by atoms with Gasteiger partial charge in [0.1, 0.15) is 0 Å². The van der Waals surface area contributed by atoms with E-state index in [1.54, 1.807) is 13.2 Å². The fraction of sp³-hybridized carbons (Fsp3) is 0.588. The van der Waals surface area contributed by atoms with Gasteiger partial charge >= 0.3 is 0 Å². The first-order chi connectivity index (χ1) is 10.7. The van der Waals surface area contributed by atoms with E-state index in [1.165, 1.54) is 19.3 Å². The lowest BCUT2D eigenvalue weighted by molar-refractivity contribution is -0.116. The number of hydrogen-bond donors (Lipinski definition) is 1. The van der Waals surface area contributed by atoms with E-state index in [-0.39, 0.29) is 5.91 Å². The Hall–Kier alpha value is -1.10. The van der Waals surface area contributed by atoms with Gasteiger partial charge in [0.2, 0.25) is 5.91 Å². The van der Waals surface area contributed by atoms with E-state index in [1.807, 2.05) is 18.2 Å². The van der Waals surface area contributed by atoms with Gasteiger partial charge < -0.3 is 10.1 Å². The average Bonchev–Trinajstić information content (AvgIpc) is 2.54. The quantitative estimate of drug-likeness (QED) is 0.833. The van der Waals surface area contributed by atoms with Crippen LogP contribution in [0.5, 0.6) is 0 Å². The number of likely N-dealkylation sites (tertiary alicyclic amines) is 1. The van der Waals surface area contributed by atoms with Crippen molar-refractivity contribution in [1.82, 2.24) is 4.90 Å². The molecule has 0 radical (unpaired) electrons. The van der Waals surface area contributed by atoms with Crippen molar-refractivity contribution >= 4 is 23.2 Å². The highest BCUT2D eigenvalue weighted by molar-refractivity contribution is 6.33. The second kappa shape index (κ2) is 9.13. The van der Waals surface area contributed by atoms with Gasteiger partial charge in [-0.25, -0.2) is 0 Å². The van der Waals surface area contributed by atoms with Crippen molar-refractivity contribution in [3.63, 3.8) is 0 Å². The third kappa shape index (κ3) is 5.27. The molecule has 1 heterocycles. The van der Waals surface area contributed by atoms with Gasteiger partial charge in [0.05, 0.1) is 10.7 Å². The van der Waals surface area contributed by atoms with Crippen LogP contribution in [0.25, 0.3) is 0 Å². The molecule has 1 aliphatic rings. The van der Waals surface area contributed by atoms with Crippen LogP contribution >= 0.6 is 11.6 Å². The van der Waals surface area contributed by atoms with E-state index < -0.39 is 0 Å². The number of methoxy groups -OCH3 is 1. The molecule has 0 aliphatic carbocycles. The molecule has 1 atom stereocenters. The normalized spacial score (nSPS) is 19.1. The number of halogens is 1. The number of carbonyl (C=O) groups excluding carboxylic acids is 1. The molecule has 0 spiro atoms. The minimum atomic E-state index is 0.0177. The molecular weight excluding hydrogens is 300 g/mol. The number of benzene rings is 1. The molecule has 0 aromatic heterocycles. The number of amides is 1. The lowest BCUT2D eigenvalue weighted by Crippen LogP contribution is -2.41. The molecule has 2 rings (SSSR count). The van der Waals surface area contributed by atoms with E-state index in [9.17, 15) is 4.79 Å². The summed E-state index contributed by atoms with van der Waals surface area (Å²) in [5.41, 5.74) is 0.684. The molecule has 1 aromatic rings. The fourth-order valence-corrected chi connectivity index (χ4v) is 3.14. The summed E-state index contributed by atoms with van der Waals surface area (Å²) >= 11 is 6.06. The summed E-state index contributed by atoms with van der Waals surface area (Å²) in [5, 5.41) is 3.46. The van der Waals surface area contributed by atoms with E-state index in [2.05, 4.69) is 10.2 Å². The second-order valence-electron chi connectivity index (χ2n) is 5.75. The van der Waals surface area contributed by atoms with Crippen LogP contribution in [0.1, 0.15) is 32.1 Å². The number of nitrogens with zero attached hydrogens (tertiary/aromatic N) is 1. The van der Waals surface area contributed by atoms with Gasteiger partial charge in [0, 0.05) is 32.7 Å². The Morgan fingerprint density at radius 2 is 2.23 bits per heavy atom. The average molecular weight is 325 g/mol. The molecule has 0 bridgehead atoms. The van der Waals surface area contributed by atoms with Gasteiger partial charge in [0.15, 0.2) is 0 Å². The summed E-state index contributed by atoms with van der Waals surface area (Å²) in [6.45, 7) is 2.66. The summed E-state index contributed by atoms with van der Waals surface area (Å²) in [6, 6.07) is 7.87. The smallest absolute Gasteiger partial charge is 0.225 e. The number of anilines is 1. The molecule has 0 saturated carbocycles. The van der Waals surface area contributed by atoms with E-state index in [4.69, 9.17) is 16.3 Å². The molecule has 1 aromatic carbocycles. The van der Waals surface area contributed by atoms with Crippen LogP contribution in [0, 0.1) is 0 Å². The highest BCUT2D eigenvalue weighted by atomic mass is 35.5. The number of piperidine rings is 1. The van der Waals surface area contributed by atoms with Crippen molar-refractivity contribution in [3.05, 3.63) is 29.3 Å². The Labute approximate surface area is 137 Å². The first kappa shape index (κ1) is 17.3. The zero-order chi connectivity index (χ0) is 15.8. The standard InChI is InChI=1S/C17H25ClN2O2/c1-22-13-10-14-6-4-5-11-20(14)12-9-17(21)19-16-8-3-2-7-15(16)18/h2-3,7-8,14H,4-6,9-13H2,1H3,(H,19,21)/t14-/m0/s1. The second-order valence-corrected chi connectivity index (χ2v) is 6.15. The van der Waals surface area contributed by atoms with E-state index >= 15 is 0 Å². The van der Waals surface area contributed by atoms with Gasteiger partial charge in [-0.2, -0.15) is 0 Å². The number of hydrogen-bond acceptors (Lipinski definition) is 3. The van der Waals surface area contributed by atoms with E-state index in [0.717, 1.165) is 26.1 Å². The molecular formula is C17H25ClN2O2. The third-order valence-corrected chi connectivity index (χ3v) is 4.51. The summed E-state index contributed by atoms with van der Waals surface area (Å²) < 4.78 is 5.19. The predicted molar refractivity (Wildman–Crippen MR) is 90.4 cm³/mol. The van der Waals surface area contributed by atoms with Gasteiger partial charge in [-0.15, -0.1) is 0 Å². The van der Waals surface area contributed by atoms with Crippen molar-refractivity contribution in [2.75, 3.05) is 32.1 Å². The fourth-order valence-electron chi connectivity index (χ4n) is 2.96. The Balaban J connectivity index is 1.80. The SMILES string of the molecule is COCC[C@@H]1CCCCN1CCC(=O)Nc1ccccc1Cl. The van der Waals surface area contributed by atoms with Gasteiger partial charge in [-0.3, -0.25) is 9.69 Å². The maximum atomic E-state index is 12.1. The Kier molecular flexibility index (Phi) is 7.16. The maximum Gasteiger partial charge on any atom is 0.225 e. The van der Waals surface area contributed by atoms with Crippen LogP contribution in [0.2, 0.25) is 5.02 Å². The van der Waals surface area contributed by atoms with Crippen molar-refractivity contribution in [1.29, 1.82) is 0 Å². The predicted octanol–water partition coefficient (Wildman–Crippen LogP) is 3.56. The summed E-state index contributed by atoms with van der Waals surface area (Å²) in [4.78, 5) is 14.5. The molecule has 1 fully saturated rings. The monoisotopic (exact) mass is 324 g/mol. The van der Waals surface area contributed by atoms with Crippen molar-refractivity contribution in [3.8, 4) is 0 Å². The number of ether oxygens (including phenoxy) is 1. The lowest BCUT2D eigenvalue weighted by atomic mass is 9.99. The zero-order valence-corrected chi connectivity index (χ0v) is 13.9. The minimum Gasteiger partial charge on any atom is -0.385 e. The molecule has 0 unspecified atom stereocenters.